The maximum Gasteiger partial charge on any atom is 0.321 e. The molecule has 1 saturated carbocycles. The standard InChI is InChI=1S/C12H21N3O4/c1-13-12(19)15-10(16)5-6-14-7-8-3-2-4-9(8)11(17)18/h8-9,14H,2-7H2,1H3,(H,17,18)(H2,13,15,16,19). The molecule has 1 fully saturated rings. The number of hydrogen-bond acceptors (Lipinski definition) is 4. The molecule has 0 aromatic carbocycles. The van der Waals surface area contributed by atoms with Crippen LogP contribution in [0.5, 0.6) is 0 Å². The molecule has 0 aromatic heterocycles. The number of aliphatic carboxylic acids is 1. The summed E-state index contributed by atoms with van der Waals surface area (Å²) in [4.78, 5) is 33.1. The first-order valence-corrected chi connectivity index (χ1v) is 6.49. The number of carboxylic acid groups (broad SMARTS) is 1. The van der Waals surface area contributed by atoms with Gasteiger partial charge < -0.3 is 15.7 Å². The van der Waals surface area contributed by atoms with Crippen LogP contribution in [0.4, 0.5) is 4.79 Å². The Morgan fingerprint density at radius 1 is 1.26 bits per heavy atom. The number of hydrogen-bond donors (Lipinski definition) is 4. The van der Waals surface area contributed by atoms with Crippen molar-refractivity contribution >= 4 is 17.9 Å². The van der Waals surface area contributed by atoms with Crippen LogP contribution >= 0.6 is 0 Å². The highest BCUT2D eigenvalue weighted by molar-refractivity contribution is 5.94. The summed E-state index contributed by atoms with van der Waals surface area (Å²) in [5.41, 5.74) is 0. The van der Waals surface area contributed by atoms with Gasteiger partial charge >= 0.3 is 12.0 Å². The molecule has 0 aromatic rings. The van der Waals surface area contributed by atoms with Crippen LogP contribution in [0.15, 0.2) is 0 Å². The zero-order valence-electron chi connectivity index (χ0n) is 11.1. The molecule has 7 heteroatoms. The number of urea groups is 1. The van der Waals surface area contributed by atoms with E-state index in [1.807, 2.05) is 0 Å². The van der Waals surface area contributed by atoms with Gasteiger partial charge in [-0.3, -0.25) is 14.9 Å². The lowest BCUT2D eigenvalue weighted by Gasteiger charge is -2.16. The summed E-state index contributed by atoms with van der Waals surface area (Å²) < 4.78 is 0. The Labute approximate surface area is 112 Å². The van der Waals surface area contributed by atoms with Crippen LogP contribution in [0.1, 0.15) is 25.7 Å². The molecule has 0 saturated heterocycles. The van der Waals surface area contributed by atoms with Crippen molar-refractivity contribution < 1.29 is 19.5 Å². The van der Waals surface area contributed by atoms with Crippen LogP contribution in [0.2, 0.25) is 0 Å². The summed E-state index contributed by atoms with van der Waals surface area (Å²) in [5, 5.41) is 16.6. The van der Waals surface area contributed by atoms with Gasteiger partial charge in [0.05, 0.1) is 5.92 Å². The Morgan fingerprint density at radius 3 is 2.63 bits per heavy atom. The molecule has 0 spiro atoms. The zero-order valence-corrected chi connectivity index (χ0v) is 11.1. The predicted octanol–water partition coefficient (Wildman–Crippen LogP) is -0.0774. The van der Waals surface area contributed by atoms with Crippen molar-refractivity contribution in [3.63, 3.8) is 0 Å². The highest BCUT2D eigenvalue weighted by atomic mass is 16.4. The number of nitrogens with one attached hydrogen (secondary N) is 3. The minimum Gasteiger partial charge on any atom is -0.481 e. The van der Waals surface area contributed by atoms with Crippen LogP contribution < -0.4 is 16.0 Å². The number of amides is 3. The average molecular weight is 271 g/mol. The van der Waals surface area contributed by atoms with E-state index in [1.54, 1.807) is 0 Å². The fourth-order valence-corrected chi connectivity index (χ4v) is 2.35. The first kappa shape index (κ1) is 15.4. The number of carbonyl (C=O) groups is 3. The van der Waals surface area contributed by atoms with Crippen molar-refractivity contribution in [3.8, 4) is 0 Å². The van der Waals surface area contributed by atoms with E-state index in [0.29, 0.717) is 13.1 Å². The third-order valence-electron chi connectivity index (χ3n) is 3.39. The predicted molar refractivity (Wildman–Crippen MR) is 68.6 cm³/mol. The summed E-state index contributed by atoms with van der Waals surface area (Å²) in [6, 6.07) is -0.522. The lowest BCUT2D eigenvalue weighted by molar-refractivity contribution is -0.142. The molecule has 3 amide bonds. The number of imide groups is 1. The van der Waals surface area contributed by atoms with Crippen LogP contribution in [0.3, 0.4) is 0 Å². The van der Waals surface area contributed by atoms with Crippen molar-refractivity contribution in [1.82, 2.24) is 16.0 Å². The second kappa shape index (κ2) is 7.73. The van der Waals surface area contributed by atoms with Crippen molar-refractivity contribution in [3.05, 3.63) is 0 Å². The molecule has 108 valence electrons. The molecule has 0 radical (unpaired) electrons. The fourth-order valence-electron chi connectivity index (χ4n) is 2.35. The zero-order chi connectivity index (χ0) is 14.3. The lowest BCUT2D eigenvalue weighted by Crippen LogP contribution is -2.39. The van der Waals surface area contributed by atoms with E-state index in [9.17, 15) is 14.4 Å². The largest absolute Gasteiger partial charge is 0.481 e. The minimum atomic E-state index is -0.735. The number of carbonyl (C=O) groups excluding carboxylic acids is 2. The molecule has 0 bridgehead atoms. The lowest BCUT2D eigenvalue weighted by atomic mass is 9.96. The van der Waals surface area contributed by atoms with Gasteiger partial charge in [-0.2, -0.15) is 0 Å². The molecule has 1 rings (SSSR count). The van der Waals surface area contributed by atoms with Gasteiger partial charge in [-0.15, -0.1) is 0 Å². The SMILES string of the molecule is CNC(=O)NC(=O)CCNCC1CCCC1C(=O)O. The normalized spacial score (nSPS) is 21.9. The highest BCUT2D eigenvalue weighted by Crippen LogP contribution is 2.31. The van der Waals surface area contributed by atoms with Crippen molar-refractivity contribution in [2.24, 2.45) is 11.8 Å². The van der Waals surface area contributed by atoms with E-state index < -0.39 is 12.0 Å². The molecule has 2 unspecified atom stereocenters. The number of carboxylic acids is 1. The quantitative estimate of drug-likeness (QED) is 0.506. The Bertz CT molecular complexity index is 346. The van der Waals surface area contributed by atoms with Crippen molar-refractivity contribution in [1.29, 1.82) is 0 Å². The Balaban J connectivity index is 2.15. The fraction of sp³-hybridized carbons (Fsp3) is 0.750. The first-order chi connectivity index (χ1) is 9.04. The molecule has 0 aliphatic heterocycles. The van der Waals surface area contributed by atoms with E-state index in [0.717, 1.165) is 19.3 Å². The third kappa shape index (κ3) is 5.25. The Morgan fingerprint density at radius 2 is 2.00 bits per heavy atom. The average Bonchev–Trinajstić information content (AvgIpc) is 2.83. The van der Waals surface area contributed by atoms with Gasteiger partial charge in [-0.25, -0.2) is 4.79 Å². The molecular weight excluding hydrogens is 250 g/mol. The van der Waals surface area contributed by atoms with Gasteiger partial charge in [0.2, 0.25) is 5.91 Å². The topological polar surface area (TPSA) is 108 Å². The first-order valence-electron chi connectivity index (χ1n) is 6.49. The molecule has 1 aliphatic carbocycles. The van der Waals surface area contributed by atoms with Crippen LogP contribution in [-0.2, 0) is 9.59 Å². The van der Waals surface area contributed by atoms with Crippen LogP contribution in [-0.4, -0.2) is 43.2 Å². The van der Waals surface area contributed by atoms with Gasteiger partial charge in [-0.1, -0.05) is 6.42 Å². The van der Waals surface area contributed by atoms with Gasteiger partial charge in [0.15, 0.2) is 0 Å². The second-order valence-electron chi connectivity index (χ2n) is 4.72. The van der Waals surface area contributed by atoms with Crippen LogP contribution in [0, 0.1) is 11.8 Å². The van der Waals surface area contributed by atoms with E-state index in [2.05, 4.69) is 16.0 Å². The monoisotopic (exact) mass is 271 g/mol. The van der Waals surface area contributed by atoms with E-state index in [4.69, 9.17) is 5.11 Å². The smallest absolute Gasteiger partial charge is 0.321 e. The van der Waals surface area contributed by atoms with Gasteiger partial charge in [0, 0.05) is 20.0 Å². The van der Waals surface area contributed by atoms with E-state index >= 15 is 0 Å². The van der Waals surface area contributed by atoms with Gasteiger partial charge in [0.1, 0.15) is 0 Å². The van der Waals surface area contributed by atoms with E-state index in [-0.39, 0.29) is 24.2 Å². The second-order valence-corrected chi connectivity index (χ2v) is 4.72. The maximum atomic E-state index is 11.3. The molecule has 2 atom stereocenters. The van der Waals surface area contributed by atoms with Crippen molar-refractivity contribution in [2.45, 2.75) is 25.7 Å². The van der Waals surface area contributed by atoms with Gasteiger partial charge in [-0.05, 0) is 25.3 Å². The Hall–Kier alpha value is -1.63. The maximum absolute atomic E-state index is 11.3. The van der Waals surface area contributed by atoms with Gasteiger partial charge in [0.25, 0.3) is 0 Å². The summed E-state index contributed by atoms with van der Waals surface area (Å²) >= 11 is 0. The summed E-state index contributed by atoms with van der Waals surface area (Å²) in [5.74, 6) is -1.22. The summed E-state index contributed by atoms with van der Waals surface area (Å²) in [6.07, 6.45) is 2.78. The molecule has 19 heavy (non-hydrogen) atoms. The minimum absolute atomic E-state index is 0.138. The molecule has 1 aliphatic rings. The number of rotatable bonds is 6. The molecule has 4 N–H and O–H groups in total. The molecule has 0 heterocycles. The Kier molecular flexibility index (Phi) is 6.27. The van der Waals surface area contributed by atoms with E-state index in [1.165, 1.54) is 7.05 Å². The van der Waals surface area contributed by atoms with Crippen molar-refractivity contribution in [2.75, 3.05) is 20.1 Å². The third-order valence-corrected chi connectivity index (χ3v) is 3.39. The summed E-state index contributed by atoms with van der Waals surface area (Å²) in [6.45, 7) is 1.04. The highest BCUT2D eigenvalue weighted by Gasteiger charge is 2.32. The molecule has 7 nitrogen and oxygen atoms in total. The summed E-state index contributed by atoms with van der Waals surface area (Å²) in [7, 11) is 1.44. The molecular formula is C12H21N3O4. The van der Waals surface area contributed by atoms with Crippen LogP contribution in [0.25, 0.3) is 0 Å².